The molecular formula is C32H30N2O3. The molecule has 6 aliphatic rings. The van der Waals surface area contributed by atoms with Crippen LogP contribution in [0.5, 0.6) is 11.5 Å². The lowest BCUT2D eigenvalue weighted by Crippen LogP contribution is -2.74. The summed E-state index contributed by atoms with van der Waals surface area (Å²) in [6.45, 7) is 3.01. The standard InChI is InChI=1S/C32H30N2O3/c35-23-9-7-20-14-24-32(36)15-22-21-8-6-18-2-1-3-19-10-12-34(27(21)25(18)19)28(22)30-31(32,26(20)29(23)37-30)11-13-33(24)16-17-4-5-17/h1-3,6-9,17,24,30,35-36H,4-5,10-16H2/t24-,30+,31+,32-/m1/s1. The lowest BCUT2D eigenvalue weighted by molar-refractivity contribution is -0.173. The minimum Gasteiger partial charge on any atom is -0.504 e. The molecule has 3 aliphatic carbocycles. The molecule has 4 aromatic rings. The molecule has 4 atom stereocenters. The lowest BCUT2D eigenvalue weighted by atomic mass is 9.49. The third kappa shape index (κ3) is 2.09. The van der Waals surface area contributed by atoms with Gasteiger partial charge in [-0.1, -0.05) is 36.4 Å². The molecule has 10 rings (SSSR count). The smallest absolute Gasteiger partial charge is 0.166 e. The largest absolute Gasteiger partial charge is 0.504 e. The Morgan fingerprint density at radius 2 is 1.95 bits per heavy atom. The van der Waals surface area contributed by atoms with E-state index in [0.29, 0.717) is 12.2 Å². The zero-order valence-corrected chi connectivity index (χ0v) is 20.8. The van der Waals surface area contributed by atoms with Crippen LogP contribution in [0.4, 0.5) is 0 Å². The number of fused-ring (bicyclic) bond motifs is 4. The predicted octanol–water partition coefficient (Wildman–Crippen LogP) is 4.76. The number of nitrogens with zero attached hydrogens (tertiary/aromatic N) is 2. The van der Waals surface area contributed by atoms with Gasteiger partial charge in [-0.15, -0.1) is 0 Å². The summed E-state index contributed by atoms with van der Waals surface area (Å²) in [6.07, 6.45) is 5.72. The molecule has 2 fully saturated rings. The third-order valence-corrected chi connectivity index (χ3v) is 11.1. The first-order chi connectivity index (χ1) is 18.1. The van der Waals surface area contributed by atoms with Crippen LogP contribution in [0, 0.1) is 5.92 Å². The van der Waals surface area contributed by atoms with Crippen molar-refractivity contribution in [2.75, 3.05) is 13.1 Å². The van der Waals surface area contributed by atoms with E-state index in [1.54, 1.807) is 0 Å². The summed E-state index contributed by atoms with van der Waals surface area (Å²) in [5.74, 6) is 1.63. The maximum absolute atomic E-state index is 13.1. The molecule has 1 spiro atoms. The van der Waals surface area contributed by atoms with Crippen LogP contribution in [0.25, 0.3) is 21.7 Å². The fourth-order valence-corrected chi connectivity index (χ4v) is 9.46. The number of phenols is 1. The van der Waals surface area contributed by atoms with Gasteiger partial charge in [0.1, 0.15) is 0 Å². The van der Waals surface area contributed by atoms with Crippen molar-refractivity contribution in [1.82, 2.24) is 9.47 Å². The van der Waals surface area contributed by atoms with Crippen molar-refractivity contribution in [1.29, 1.82) is 0 Å². The maximum atomic E-state index is 13.1. The van der Waals surface area contributed by atoms with Gasteiger partial charge in [0.05, 0.1) is 22.2 Å². The summed E-state index contributed by atoms with van der Waals surface area (Å²) in [5, 5.41) is 28.1. The SMILES string of the molecule is Oc1ccc2c3c1O[C@H]1c4c(c5ccc6cccc7c6c5n4CC7)C[C@@]4(O)[C@@H](C2)N(CC2CC2)CC[C@]314. The summed E-state index contributed by atoms with van der Waals surface area (Å²) in [6, 6.07) is 15.2. The summed E-state index contributed by atoms with van der Waals surface area (Å²) < 4.78 is 9.41. The van der Waals surface area contributed by atoms with Gasteiger partial charge in [0.15, 0.2) is 17.6 Å². The number of aromatic nitrogens is 1. The summed E-state index contributed by atoms with van der Waals surface area (Å²) in [7, 11) is 0. The fraction of sp³-hybridized carbons (Fsp3) is 0.438. The van der Waals surface area contributed by atoms with Crippen LogP contribution in [0.3, 0.4) is 0 Å². The van der Waals surface area contributed by atoms with Gasteiger partial charge >= 0.3 is 0 Å². The Hall–Kier alpha value is -3.02. The molecule has 3 aromatic carbocycles. The molecule has 0 radical (unpaired) electrons. The van der Waals surface area contributed by atoms with Gasteiger partial charge in [-0.05, 0) is 72.7 Å². The van der Waals surface area contributed by atoms with E-state index in [1.807, 2.05) is 6.07 Å². The van der Waals surface area contributed by atoms with Crippen molar-refractivity contribution in [2.45, 2.75) is 68.2 Å². The van der Waals surface area contributed by atoms with E-state index >= 15 is 0 Å². The zero-order chi connectivity index (χ0) is 24.3. The van der Waals surface area contributed by atoms with Gasteiger partial charge in [0.2, 0.25) is 0 Å². The number of likely N-dealkylation sites (tertiary alicyclic amines) is 1. The van der Waals surface area contributed by atoms with Gasteiger partial charge < -0.3 is 19.5 Å². The summed E-state index contributed by atoms with van der Waals surface area (Å²) in [4.78, 5) is 2.61. The molecule has 3 aliphatic heterocycles. The fourth-order valence-electron chi connectivity index (χ4n) is 9.46. The zero-order valence-electron chi connectivity index (χ0n) is 20.8. The lowest BCUT2D eigenvalue weighted by Gasteiger charge is -2.63. The Labute approximate surface area is 215 Å². The van der Waals surface area contributed by atoms with Crippen LogP contribution < -0.4 is 4.74 Å². The van der Waals surface area contributed by atoms with Crippen LogP contribution in [-0.4, -0.2) is 44.4 Å². The predicted molar refractivity (Wildman–Crippen MR) is 141 cm³/mol. The first kappa shape index (κ1) is 20.0. The van der Waals surface area contributed by atoms with E-state index in [9.17, 15) is 10.2 Å². The third-order valence-electron chi connectivity index (χ3n) is 11.1. The maximum Gasteiger partial charge on any atom is 0.166 e. The minimum atomic E-state index is -0.925. The van der Waals surface area contributed by atoms with Gasteiger partial charge in [-0.3, -0.25) is 4.90 Å². The number of hydrogen-bond donors (Lipinski definition) is 2. The van der Waals surface area contributed by atoms with Gasteiger partial charge in [0.25, 0.3) is 0 Å². The normalized spacial score (nSPS) is 32.6. The Balaban J connectivity index is 1.30. The Bertz CT molecular complexity index is 1720. The van der Waals surface area contributed by atoms with Crippen molar-refractivity contribution in [3.8, 4) is 11.5 Å². The number of ether oxygens (including phenoxy) is 1. The average molecular weight is 491 g/mol. The topological polar surface area (TPSA) is 57.9 Å². The second kappa shape index (κ2) is 6.16. The highest BCUT2D eigenvalue weighted by molar-refractivity contribution is 6.10. The molecule has 5 nitrogen and oxygen atoms in total. The van der Waals surface area contributed by atoms with Crippen molar-refractivity contribution >= 4 is 21.7 Å². The van der Waals surface area contributed by atoms with E-state index < -0.39 is 11.0 Å². The first-order valence-corrected chi connectivity index (χ1v) is 14.1. The van der Waals surface area contributed by atoms with Crippen molar-refractivity contribution < 1.29 is 14.9 Å². The summed E-state index contributed by atoms with van der Waals surface area (Å²) >= 11 is 0. The van der Waals surface area contributed by atoms with E-state index in [-0.39, 0.29) is 17.9 Å². The van der Waals surface area contributed by atoms with E-state index in [2.05, 4.69) is 45.9 Å². The Kier molecular flexibility index (Phi) is 3.33. The Morgan fingerprint density at radius 3 is 2.84 bits per heavy atom. The van der Waals surface area contributed by atoms with Crippen molar-refractivity contribution in [3.05, 3.63) is 70.4 Å². The first-order valence-electron chi connectivity index (χ1n) is 14.1. The number of phenolic OH excluding ortho intramolecular Hbond substituents is 1. The number of piperidine rings is 1. The van der Waals surface area contributed by atoms with Crippen LogP contribution >= 0.6 is 0 Å². The number of rotatable bonds is 2. The molecule has 1 saturated carbocycles. The molecule has 5 heteroatoms. The number of aromatic hydroxyl groups is 1. The van der Waals surface area contributed by atoms with Gasteiger partial charge in [-0.25, -0.2) is 0 Å². The van der Waals surface area contributed by atoms with Crippen molar-refractivity contribution in [2.24, 2.45) is 5.92 Å². The van der Waals surface area contributed by atoms with Gasteiger partial charge in [0, 0.05) is 41.9 Å². The number of aryl methyl sites for hydroxylation is 2. The van der Waals surface area contributed by atoms with E-state index in [4.69, 9.17) is 4.74 Å². The highest BCUT2D eigenvalue weighted by atomic mass is 16.5. The average Bonchev–Trinajstić information content (AvgIpc) is 3.56. The molecule has 2 bridgehead atoms. The molecule has 2 N–H and O–H groups in total. The molecule has 4 heterocycles. The van der Waals surface area contributed by atoms with Crippen LogP contribution in [0.2, 0.25) is 0 Å². The second-order valence-corrected chi connectivity index (χ2v) is 12.7. The quantitative estimate of drug-likeness (QED) is 0.426. The second-order valence-electron chi connectivity index (χ2n) is 12.7. The number of aliphatic hydroxyl groups is 1. The highest BCUT2D eigenvalue weighted by Gasteiger charge is 2.73. The molecule has 37 heavy (non-hydrogen) atoms. The van der Waals surface area contributed by atoms with Crippen molar-refractivity contribution in [3.63, 3.8) is 0 Å². The summed E-state index contributed by atoms with van der Waals surface area (Å²) in [5.41, 5.74) is 6.18. The molecule has 1 aromatic heterocycles. The monoisotopic (exact) mass is 490 g/mol. The minimum absolute atomic E-state index is 0.0728. The van der Waals surface area contributed by atoms with Crippen LogP contribution in [0.15, 0.2) is 42.5 Å². The molecule has 186 valence electrons. The number of hydrogen-bond acceptors (Lipinski definition) is 4. The van der Waals surface area contributed by atoms with Crippen LogP contribution in [-0.2, 0) is 31.2 Å². The highest BCUT2D eigenvalue weighted by Crippen LogP contribution is 2.69. The van der Waals surface area contributed by atoms with E-state index in [0.717, 1.165) is 50.4 Å². The molecule has 0 unspecified atom stereocenters. The molecule has 1 saturated heterocycles. The van der Waals surface area contributed by atoms with Crippen LogP contribution in [0.1, 0.15) is 53.3 Å². The number of benzene rings is 3. The molecule has 0 amide bonds. The van der Waals surface area contributed by atoms with Gasteiger partial charge in [-0.2, -0.15) is 0 Å². The molecular weight excluding hydrogens is 460 g/mol. The Morgan fingerprint density at radius 1 is 1.03 bits per heavy atom. The van der Waals surface area contributed by atoms with E-state index in [1.165, 1.54) is 56.9 Å².